The van der Waals surface area contributed by atoms with Crippen LogP contribution in [-0.4, -0.2) is 67.7 Å². The van der Waals surface area contributed by atoms with Gasteiger partial charge in [-0.25, -0.2) is 4.79 Å². The van der Waals surface area contributed by atoms with Crippen LogP contribution in [0.1, 0.15) is 16.8 Å². The highest BCUT2D eigenvalue weighted by Gasteiger charge is 2.31. The predicted molar refractivity (Wildman–Crippen MR) is 115 cm³/mol. The Hall–Kier alpha value is -3.27. The average Bonchev–Trinajstić information content (AvgIpc) is 2.99. The van der Waals surface area contributed by atoms with Crippen LogP contribution in [-0.2, 0) is 0 Å². The van der Waals surface area contributed by atoms with Gasteiger partial charge in [0.15, 0.2) is 0 Å². The van der Waals surface area contributed by atoms with E-state index in [-0.39, 0.29) is 25.0 Å². The standard InChI is InChI=1S/C22H25F3N4O3/c1-32-19-6-3-2-5-18(19)27-20(30)16-7-9-17(10-8-16)26-21(31)29-12-4-11-28(13-14-29)15-22(23,24)25/h2-3,5-10H,4,11-15H2,1H3,(H,26,31)(H,27,30). The molecule has 0 aliphatic carbocycles. The van der Waals surface area contributed by atoms with Crippen molar-refractivity contribution in [2.45, 2.75) is 12.6 Å². The zero-order valence-electron chi connectivity index (χ0n) is 17.6. The van der Waals surface area contributed by atoms with Crippen LogP contribution in [0.2, 0.25) is 0 Å². The van der Waals surface area contributed by atoms with Crippen molar-refractivity contribution in [1.29, 1.82) is 0 Å². The zero-order valence-corrected chi connectivity index (χ0v) is 17.6. The summed E-state index contributed by atoms with van der Waals surface area (Å²) in [6.07, 6.45) is -3.79. The van der Waals surface area contributed by atoms with Crippen molar-refractivity contribution < 1.29 is 27.5 Å². The summed E-state index contributed by atoms with van der Waals surface area (Å²) in [6.45, 7) is 0.0655. The van der Waals surface area contributed by atoms with Gasteiger partial charge in [-0.1, -0.05) is 12.1 Å². The van der Waals surface area contributed by atoms with Crippen LogP contribution in [0.25, 0.3) is 0 Å². The number of rotatable bonds is 5. The Morgan fingerprint density at radius 3 is 2.38 bits per heavy atom. The Kier molecular flexibility index (Phi) is 7.57. The fourth-order valence-electron chi connectivity index (χ4n) is 3.44. The second-order valence-corrected chi connectivity index (χ2v) is 7.39. The summed E-state index contributed by atoms with van der Waals surface area (Å²) in [5.41, 5.74) is 1.42. The van der Waals surface area contributed by atoms with Crippen molar-refractivity contribution in [2.75, 3.05) is 50.5 Å². The number of methoxy groups -OCH3 is 1. The van der Waals surface area contributed by atoms with Gasteiger partial charge in [0.05, 0.1) is 19.3 Å². The summed E-state index contributed by atoms with van der Waals surface area (Å²) in [7, 11) is 1.51. The van der Waals surface area contributed by atoms with E-state index in [2.05, 4.69) is 10.6 Å². The van der Waals surface area contributed by atoms with E-state index >= 15 is 0 Å². The molecule has 2 N–H and O–H groups in total. The number of benzene rings is 2. The molecule has 1 fully saturated rings. The Balaban J connectivity index is 1.55. The molecule has 0 radical (unpaired) electrons. The van der Waals surface area contributed by atoms with E-state index in [0.717, 1.165) is 0 Å². The molecule has 7 nitrogen and oxygen atoms in total. The van der Waals surface area contributed by atoms with E-state index in [4.69, 9.17) is 4.74 Å². The predicted octanol–water partition coefficient (Wildman–Crippen LogP) is 4.05. The maximum Gasteiger partial charge on any atom is 0.401 e. The minimum absolute atomic E-state index is 0.162. The maximum absolute atomic E-state index is 12.6. The highest BCUT2D eigenvalue weighted by atomic mass is 19.4. The molecule has 32 heavy (non-hydrogen) atoms. The molecule has 1 heterocycles. The number of hydrogen-bond acceptors (Lipinski definition) is 4. The summed E-state index contributed by atoms with van der Waals surface area (Å²) in [4.78, 5) is 27.8. The largest absolute Gasteiger partial charge is 0.495 e. The van der Waals surface area contributed by atoms with Gasteiger partial charge < -0.3 is 20.3 Å². The number of carbonyl (C=O) groups excluding carboxylic acids is 2. The number of para-hydroxylation sites is 2. The van der Waals surface area contributed by atoms with E-state index in [1.165, 1.54) is 16.9 Å². The first-order valence-electron chi connectivity index (χ1n) is 10.1. The summed E-state index contributed by atoms with van der Waals surface area (Å²) in [5.74, 6) is 0.209. The molecule has 3 amide bonds. The Morgan fingerprint density at radius 2 is 1.69 bits per heavy atom. The number of carbonyl (C=O) groups is 2. The fraction of sp³-hybridized carbons (Fsp3) is 0.364. The minimum atomic E-state index is -4.25. The van der Waals surface area contributed by atoms with Gasteiger partial charge in [0.1, 0.15) is 5.75 Å². The first kappa shape index (κ1) is 23.4. The second kappa shape index (κ2) is 10.4. The lowest BCUT2D eigenvalue weighted by Crippen LogP contribution is -2.40. The summed E-state index contributed by atoms with van der Waals surface area (Å²) in [5, 5.41) is 5.50. The van der Waals surface area contributed by atoms with Crippen molar-refractivity contribution in [3.8, 4) is 5.75 Å². The van der Waals surface area contributed by atoms with Gasteiger partial charge in [-0.3, -0.25) is 9.69 Å². The molecule has 3 rings (SSSR count). The molecule has 2 aromatic rings. The average molecular weight is 450 g/mol. The minimum Gasteiger partial charge on any atom is -0.495 e. The van der Waals surface area contributed by atoms with Gasteiger partial charge in [0, 0.05) is 37.4 Å². The number of alkyl halides is 3. The van der Waals surface area contributed by atoms with Gasteiger partial charge in [-0.05, 0) is 42.8 Å². The fourth-order valence-corrected chi connectivity index (χ4v) is 3.44. The maximum atomic E-state index is 12.6. The Bertz CT molecular complexity index is 935. The number of amides is 3. The molecule has 2 aromatic carbocycles. The molecule has 1 saturated heterocycles. The second-order valence-electron chi connectivity index (χ2n) is 7.39. The highest BCUT2D eigenvalue weighted by Crippen LogP contribution is 2.24. The third kappa shape index (κ3) is 6.61. The lowest BCUT2D eigenvalue weighted by Gasteiger charge is -2.23. The third-order valence-electron chi connectivity index (χ3n) is 5.03. The Morgan fingerprint density at radius 1 is 0.969 bits per heavy atom. The molecule has 0 spiro atoms. The van der Waals surface area contributed by atoms with Gasteiger partial charge in [-0.2, -0.15) is 13.2 Å². The highest BCUT2D eigenvalue weighted by molar-refractivity contribution is 6.05. The number of nitrogens with zero attached hydrogens (tertiary/aromatic N) is 2. The number of ether oxygens (including phenoxy) is 1. The van der Waals surface area contributed by atoms with E-state index in [9.17, 15) is 22.8 Å². The molecule has 10 heteroatoms. The van der Waals surface area contributed by atoms with Crippen LogP contribution in [0, 0.1) is 0 Å². The van der Waals surface area contributed by atoms with Gasteiger partial charge in [-0.15, -0.1) is 0 Å². The van der Waals surface area contributed by atoms with Crippen molar-refractivity contribution >= 4 is 23.3 Å². The van der Waals surface area contributed by atoms with Crippen molar-refractivity contribution in [3.63, 3.8) is 0 Å². The van der Waals surface area contributed by atoms with Crippen LogP contribution in [0.4, 0.5) is 29.3 Å². The van der Waals surface area contributed by atoms with E-state index < -0.39 is 12.7 Å². The smallest absolute Gasteiger partial charge is 0.401 e. The van der Waals surface area contributed by atoms with Gasteiger partial charge >= 0.3 is 12.2 Å². The van der Waals surface area contributed by atoms with Gasteiger partial charge in [0.25, 0.3) is 5.91 Å². The summed E-state index contributed by atoms with van der Waals surface area (Å²) < 4.78 is 43.0. The van der Waals surface area contributed by atoms with Crippen molar-refractivity contribution in [3.05, 3.63) is 54.1 Å². The molecule has 0 aromatic heterocycles. The summed E-state index contributed by atoms with van der Waals surface area (Å²) >= 11 is 0. The molecule has 1 aliphatic rings. The number of anilines is 2. The van der Waals surface area contributed by atoms with Crippen LogP contribution in [0.3, 0.4) is 0 Å². The van der Waals surface area contributed by atoms with Crippen molar-refractivity contribution in [2.24, 2.45) is 0 Å². The van der Waals surface area contributed by atoms with E-state index in [1.54, 1.807) is 48.5 Å². The third-order valence-corrected chi connectivity index (χ3v) is 5.03. The van der Waals surface area contributed by atoms with E-state index in [1.807, 2.05) is 0 Å². The quantitative estimate of drug-likeness (QED) is 0.721. The normalized spacial score (nSPS) is 15.1. The van der Waals surface area contributed by atoms with Crippen LogP contribution < -0.4 is 15.4 Å². The first-order valence-corrected chi connectivity index (χ1v) is 10.1. The number of hydrogen-bond donors (Lipinski definition) is 2. The molecule has 0 saturated carbocycles. The number of nitrogens with one attached hydrogen (secondary N) is 2. The molecule has 172 valence electrons. The SMILES string of the molecule is COc1ccccc1NC(=O)c1ccc(NC(=O)N2CCCN(CC(F)(F)F)CC2)cc1. The zero-order chi connectivity index (χ0) is 23.1. The van der Waals surface area contributed by atoms with Crippen LogP contribution in [0.5, 0.6) is 5.75 Å². The molecule has 1 aliphatic heterocycles. The lowest BCUT2D eigenvalue weighted by molar-refractivity contribution is -0.145. The summed E-state index contributed by atoms with van der Waals surface area (Å²) in [6, 6.07) is 13.0. The number of urea groups is 1. The Labute approximate surface area is 184 Å². The molecule has 0 bridgehead atoms. The topological polar surface area (TPSA) is 73.9 Å². The molecular formula is C22H25F3N4O3. The van der Waals surface area contributed by atoms with Crippen LogP contribution >= 0.6 is 0 Å². The van der Waals surface area contributed by atoms with E-state index in [0.29, 0.717) is 42.2 Å². The molecule has 0 unspecified atom stereocenters. The van der Waals surface area contributed by atoms with Crippen LogP contribution in [0.15, 0.2) is 48.5 Å². The molecular weight excluding hydrogens is 425 g/mol. The monoisotopic (exact) mass is 450 g/mol. The van der Waals surface area contributed by atoms with Gasteiger partial charge in [0.2, 0.25) is 0 Å². The number of halogens is 3. The lowest BCUT2D eigenvalue weighted by atomic mass is 10.2. The molecule has 0 atom stereocenters. The first-order chi connectivity index (χ1) is 15.2. The van der Waals surface area contributed by atoms with Crippen molar-refractivity contribution in [1.82, 2.24) is 9.80 Å².